The number of carbonyl (C=O) groups excluding carboxylic acids is 1. The molecule has 0 radical (unpaired) electrons. The number of carbonyl (C=O) groups is 1. The molecule has 158 valence electrons. The number of hydrogen-bond acceptors (Lipinski definition) is 7. The highest BCUT2D eigenvalue weighted by Crippen LogP contribution is 2.14. The Morgan fingerprint density at radius 2 is 1.73 bits per heavy atom. The minimum atomic E-state index is -3.73. The number of nitrogens with zero attached hydrogens (tertiary/aromatic N) is 3. The molecule has 0 aliphatic carbocycles. The highest BCUT2D eigenvalue weighted by atomic mass is 32.2. The van der Waals surface area contributed by atoms with E-state index >= 15 is 0 Å². The molecule has 0 spiro atoms. The minimum absolute atomic E-state index is 0.110. The van der Waals surface area contributed by atoms with Gasteiger partial charge in [0.15, 0.2) is 0 Å². The molecule has 0 atom stereocenters. The summed E-state index contributed by atoms with van der Waals surface area (Å²) >= 11 is 0. The predicted octanol–water partition coefficient (Wildman–Crippen LogP) is 3.09. The third-order valence-corrected chi connectivity index (χ3v) is 5.80. The third-order valence-electron chi connectivity index (χ3n) is 4.47. The van der Waals surface area contributed by atoms with Gasteiger partial charge in [0, 0.05) is 0 Å². The lowest BCUT2D eigenvalue weighted by molar-refractivity contribution is 0.0600. The van der Waals surface area contributed by atoms with Crippen LogP contribution in [0.1, 0.15) is 34.5 Å². The van der Waals surface area contributed by atoms with Crippen LogP contribution in [0.5, 0.6) is 0 Å². The fraction of sp³-hybridized carbons (Fsp3) is 0.286. The molecule has 2 aromatic carbocycles. The highest BCUT2D eigenvalue weighted by Gasteiger charge is 2.14. The monoisotopic (exact) mass is 429 g/mol. The molecule has 3 rings (SSSR count). The van der Waals surface area contributed by atoms with Crippen molar-refractivity contribution in [3.63, 3.8) is 0 Å². The van der Waals surface area contributed by atoms with Crippen molar-refractivity contribution in [2.45, 2.75) is 31.1 Å². The first-order valence-corrected chi connectivity index (χ1v) is 10.9. The van der Waals surface area contributed by atoms with Crippen LogP contribution in [-0.2, 0) is 25.5 Å². The number of unbranched alkanes of at least 4 members (excludes halogenated alkanes) is 1. The quantitative estimate of drug-likeness (QED) is 0.293. The Labute approximate surface area is 175 Å². The van der Waals surface area contributed by atoms with Crippen molar-refractivity contribution in [2.24, 2.45) is 0 Å². The van der Waals surface area contributed by atoms with Crippen molar-refractivity contribution in [2.75, 3.05) is 13.7 Å². The van der Waals surface area contributed by atoms with Gasteiger partial charge >= 0.3 is 5.97 Å². The Morgan fingerprint density at radius 3 is 2.40 bits per heavy atom. The number of aryl methyl sites for hydroxylation is 2. The summed E-state index contributed by atoms with van der Waals surface area (Å²) < 4.78 is 35.7. The first-order chi connectivity index (χ1) is 14.4. The summed E-state index contributed by atoms with van der Waals surface area (Å²) in [6, 6.07) is 13.4. The van der Waals surface area contributed by atoms with Crippen LogP contribution >= 0.6 is 0 Å². The number of hydrogen-bond donors (Lipinski definition) is 0. The summed E-state index contributed by atoms with van der Waals surface area (Å²) in [6.45, 7) is 2.00. The van der Waals surface area contributed by atoms with E-state index < -0.39 is 16.1 Å². The van der Waals surface area contributed by atoms with Crippen LogP contribution in [0, 0.1) is 6.92 Å². The zero-order chi connectivity index (χ0) is 21.6. The fourth-order valence-electron chi connectivity index (χ4n) is 2.76. The molecule has 8 nitrogen and oxygen atoms in total. The van der Waals surface area contributed by atoms with Crippen molar-refractivity contribution in [3.05, 3.63) is 71.5 Å². The zero-order valence-electron chi connectivity index (χ0n) is 16.8. The van der Waals surface area contributed by atoms with Crippen LogP contribution in [0.25, 0.3) is 5.69 Å². The van der Waals surface area contributed by atoms with E-state index in [0.29, 0.717) is 24.8 Å². The standard InChI is InChI=1S/C21H23N3O5S/c1-16-6-12-20(13-7-16)30(26,27)29-14-4-3-5-18-15-24(23-22-18)19-10-8-17(9-11-19)21(25)28-2/h6-13,15H,3-5,14H2,1-2H3. The summed E-state index contributed by atoms with van der Waals surface area (Å²) in [5.41, 5.74) is 3.01. The molecule has 0 fully saturated rings. The minimum Gasteiger partial charge on any atom is -0.465 e. The van der Waals surface area contributed by atoms with Gasteiger partial charge in [-0.05, 0) is 62.6 Å². The number of rotatable bonds is 9. The summed E-state index contributed by atoms with van der Waals surface area (Å²) in [5, 5.41) is 8.22. The number of aromatic nitrogens is 3. The molecule has 0 aliphatic rings. The zero-order valence-corrected chi connectivity index (χ0v) is 17.6. The molecule has 1 aromatic heterocycles. The smallest absolute Gasteiger partial charge is 0.337 e. The second-order valence-electron chi connectivity index (χ2n) is 6.74. The third kappa shape index (κ3) is 5.52. The van der Waals surface area contributed by atoms with Crippen LogP contribution in [0.3, 0.4) is 0 Å². The average Bonchev–Trinajstić information content (AvgIpc) is 3.22. The van der Waals surface area contributed by atoms with E-state index in [-0.39, 0.29) is 11.5 Å². The van der Waals surface area contributed by atoms with E-state index in [1.165, 1.54) is 7.11 Å². The molecule has 0 aliphatic heterocycles. The summed E-state index contributed by atoms with van der Waals surface area (Å²) in [6.07, 6.45) is 3.74. The van der Waals surface area contributed by atoms with Gasteiger partial charge in [-0.1, -0.05) is 22.9 Å². The SMILES string of the molecule is COC(=O)c1ccc(-n2cc(CCCCOS(=O)(=O)c3ccc(C)cc3)nn2)cc1. The molecule has 0 saturated heterocycles. The van der Waals surface area contributed by atoms with Gasteiger partial charge < -0.3 is 4.74 Å². The Hall–Kier alpha value is -3.04. The normalized spacial score (nSPS) is 11.4. The van der Waals surface area contributed by atoms with Crippen LogP contribution < -0.4 is 0 Å². The summed E-state index contributed by atoms with van der Waals surface area (Å²) in [5.74, 6) is -0.396. The maximum absolute atomic E-state index is 12.1. The molecular weight excluding hydrogens is 406 g/mol. The molecule has 3 aromatic rings. The molecular formula is C21H23N3O5S. The molecule has 0 bridgehead atoms. The van der Waals surface area contributed by atoms with Crippen molar-refractivity contribution < 1.29 is 22.1 Å². The molecule has 30 heavy (non-hydrogen) atoms. The Bertz CT molecular complexity index is 1090. The van der Waals surface area contributed by atoms with Gasteiger partial charge in [-0.25, -0.2) is 9.48 Å². The first kappa shape index (κ1) is 21.7. The summed E-state index contributed by atoms with van der Waals surface area (Å²) in [4.78, 5) is 11.6. The molecule has 0 N–H and O–H groups in total. The van der Waals surface area contributed by atoms with E-state index in [9.17, 15) is 13.2 Å². The van der Waals surface area contributed by atoms with Crippen molar-refractivity contribution in [3.8, 4) is 5.69 Å². The Morgan fingerprint density at radius 1 is 1.03 bits per heavy atom. The number of ether oxygens (including phenoxy) is 1. The Balaban J connectivity index is 1.46. The number of methoxy groups -OCH3 is 1. The average molecular weight is 429 g/mol. The molecule has 9 heteroatoms. The number of benzene rings is 2. The highest BCUT2D eigenvalue weighted by molar-refractivity contribution is 7.86. The van der Waals surface area contributed by atoms with E-state index in [4.69, 9.17) is 4.18 Å². The van der Waals surface area contributed by atoms with Crippen LogP contribution in [0.15, 0.2) is 59.6 Å². The van der Waals surface area contributed by atoms with Crippen molar-refractivity contribution in [1.82, 2.24) is 15.0 Å². The van der Waals surface area contributed by atoms with Gasteiger partial charge in [0.1, 0.15) is 0 Å². The lowest BCUT2D eigenvalue weighted by Crippen LogP contribution is -2.07. The van der Waals surface area contributed by atoms with Crippen LogP contribution in [0.4, 0.5) is 0 Å². The van der Waals surface area contributed by atoms with Crippen molar-refractivity contribution in [1.29, 1.82) is 0 Å². The molecule has 0 amide bonds. The topological polar surface area (TPSA) is 100 Å². The van der Waals surface area contributed by atoms with Crippen LogP contribution in [-0.4, -0.2) is 43.1 Å². The van der Waals surface area contributed by atoms with Gasteiger partial charge in [0.05, 0.1) is 41.8 Å². The van der Waals surface area contributed by atoms with E-state index in [2.05, 4.69) is 15.0 Å². The van der Waals surface area contributed by atoms with E-state index in [1.807, 2.05) is 6.92 Å². The largest absolute Gasteiger partial charge is 0.465 e. The van der Waals surface area contributed by atoms with Gasteiger partial charge in [-0.2, -0.15) is 8.42 Å². The maximum atomic E-state index is 12.1. The second kappa shape index (κ2) is 9.64. The Kier molecular flexibility index (Phi) is 6.96. The predicted molar refractivity (Wildman–Crippen MR) is 110 cm³/mol. The van der Waals surface area contributed by atoms with Crippen molar-refractivity contribution >= 4 is 16.1 Å². The maximum Gasteiger partial charge on any atom is 0.337 e. The van der Waals surface area contributed by atoms with E-state index in [1.54, 1.807) is 59.4 Å². The van der Waals surface area contributed by atoms with Gasteiger partial charge in [-0.3, -0.25) is 4.18 Å². The van der Waals surface area contributed by atoms with Gasteiger partial charge in [-0.15, -0.1) is 5.10 Å². The van der Waals surface area contributed by atoms with Gasteiger partial charge in [0.2, 0.25) is 0 Å². The molecule has 0 saturated carbocycles. The fourth-order valence-corrected chi connectivity index (χ4v) is 3.70. The van der Waals surface area contributed by atoms with Gasteiger partial charge in [0.25, 0.3) is 10.1 Å². The molecule has 1 heterocycles. The first-order valence-electron chi connectivity index (χ1n) is 9.45. The second-order valence-corrected chi connectivity index (χ2v) is 8.35. The van der Waals surface area contributed by atoms with Crippen LogP contribution in [0.2, 0.25) is 0 Å². The lowest BCUT2D eigenvalue weighted by Gasteiger charge is -2.05. The summed E-state index contributed by atoms with van der Waals surface area (Å²) in [7, 11) is -2.39. The lowest BCUT2D eigenvalue weighted by atomic mass is 10.2. The molecule has 0 unspecified atom stereocenters. The van der Waals surface area contributed by atoms with E-state index in [0.717, 1.165) is 16.9 Å². The number of esters is 1.